The molecule has 0 aromatic heterocycles. The summed E-state index contributed by atoms with van der Waals surface area (Å²) in [6.45, 7) is 6.37. The summed E-state index contributed by atoms with van der Waals surface area (Å²) in [5.41, 5.74) is 0.644. The highest BCUT2D eigenvalue weighted by Gasteiger charge is 2.21. The molecule has 0 aliphatic carbocycles. The van der Waals surface area contributed by atoms with Gasteiger partial charge in [0.05, 0.1) is 19.0 Å². The molecule has 0 fully saturated rings. The fourth-order valence-corrected chi connectivity index (χ4v) is 4.32. The maximum Gasteiger partial charge on any atom is 0.216 e. The second-order valence-electron chi connectivity index (χ2n) is 5.87. The number of hydrogen-bond acceptors (Lipinski definition) is 4. The summed E-state index contributed by atoms with van der Waals surface area (Å²) in [5.74, 6) is -0.0605. The van der Waals surface area contributed by atoms with Crippen molar-refractivity contribution >= 4 is 21.6 Å². The minimum Gasteiger partial charge on any atom is -0.490 e. The van der Waals surface area contributed by atoms with Gasteiger partial charge in [0.25, 0.3) is 0 Å². The van der Waals surface area contributed by atoms with Crippen LogP contribution in [0.2, 0.25) is 5.02 Å². The molecule has 0 aliphatic rings. The summed E-state index contributed by atoms with van der Waals surface area (Å²) in [4.78, 5) is 0. The van der Waals surface area contributed by atoms with Gasteiger partial charge in [0.15, 0.2) is 11.5 Å². The Kier molecular flexibility index (Phi) is 7.47. The average molecular weight is 416 g/mol. The molecule has 0 bridgehead atoms. The number of sulfonamides is 1. The van der Waals surface area contributed by atoms with E-state index < -0.39 is 27.6 Å². The number of rotatable bonds is 9. The largest absolute Gasteiger partial charge is 0.490 e. The maximum absolute atomic E-state index is 13.9. The van der Waals surface area contributed by atoms with Crippen LogP contribution >= 0.6 is 11.6 Å². The molecule has 2 aromatic carbocycles. The van der Waals surface area contributed by atoms with E-state index in [1.807, 2.05) is 13.8 Å². The molecule has 0 heterocycles. The SMILES string of the molecule is CCOc1ccc([C@@H](C)NS(=O)(=O)Cc2c(F)cccc2Cl)cc1OCC. The molecule has 2 rings (SSSR count). The van der Waals surface area contributed by atoms with Crippen molar-refractivity contribution in [2.75, 3.05) is 13.2 Å². The Morgan fingerprint density at radius 2 is 1.78 bits per heavy atom. The topological polar surface area (TPSA) is 64.6 Å². The van der Waals surface area contributed by atoms with E-state index in [-0.39, 0.29) is 10.6 Å². The molecule has 0 amide bonds. The Morgan fingerprint density at radius 1 is 1.11 bits per heavy atom. The van der Waals surface area contributed by atoms with Gasteiger partial charge in [-0.15, -0.1) is 0 Å². The molecule has 0 radical (unpaired) electrons. The van der Waals surface area contributed by atoms with Crippen LogP contribution in [0, 0.1) is 5.82 Å². The average Bonchev–Trinajstić information content (AvgIpc) is 2.60. The lowest BCUT2D eigenvalue weighted by Gasteiger charge is -2.18. The van der Waals surface area contributed by atoms with Crippen LogP contribution in [-0.2, 0) is 15.8 Å². The van der Waals surface area contributed by atoms with Crippen molar-refractivity contribution < 1.29 is 22.3 Å². The molecule has 0 aliphatic heterocycles. The van der Waals surface area contributed by atoms with Crippen LogP contribution in [0.1, 0.15) is 37.9 Å². The third kappa shape index (κ3) is 5.82. The molecule has 0 saturated carbocycles. The third-order valence-electron chi connectivity index (χ3n) is 3.82. The maximum atomic E-state index is 13.9. The second kappa shape index (κ2) is 9.39. The molecular formula is C19H23ClFNO4S. The van der Waals surface area contributed by atoms with Gasteiger partial charge in [-0.2, -0.15) is 0 Å². The molecule has 1 atom stereocenters. The van der Waals surface area contributed by atoms with Gasteiger partial charge in [-0.3, -0.25) is 0 Å². The molecule has 148 valence electrons. The summed E-state index contributed by atoms with van der Waals surface area (Å²) in [6, 6.07) is 8.76. The van der Waals surface area contributed by atoms with Crippen molar-refractivity contribution in [3.8, 4) is 11.5 Å². The van der Waals surface area contributed by atoms with Crippen LogP contribution < -0.4 is 14.2 Å². The zero-order valence-electron chi connectivity index (χ0n) is 15.5. The first-order valence-corrected chi connectivity index (χ1v) is 10.6. The quantitative estimate of drug-likeness (QED) is 0.656. The fourth-order valence-electron chi connectivity index (χ4n) is 2.58. The van der Waals surface area contributed by atoms with Crippen molar-refractivity contribution in [2.24, 2.45) is 0 Å². The summed E-state index contributed by atoms with van der Waals surface area (Å²) in [7, 11) is -3.82. The first kappa shape index (κ1) is 21.5. The predicted molar refractivity (Wildman–Crippen MR) is 104 cm³/mol. The van der Waals surface area contributed by atoms with Gasteiger partial charge in [-0.1, -0.05) is 23.7 Å². The lowest BCUT2D eigenvalue weighted by atomic mass is 10.1. The first-order chi connectivity index (χ1) is 12.8. The van der Waals surface area contributed by atoms with Gasteiger partial charge in [-0.05, 0) is 50.6 Å². The van der Waals surface area contributed by atoms with Gasteiger partial charge in [0.1, 0.15) is 5.82 Å². The zero-order valence-corrected chi connectivity index (χ0v) is 17.0. The second-order valence-corrected chi connectivity index (χ2v) is 8.03. The van der Waals surface area contributed by atoms with Crippen LogP contribution in [0.4, 0.5) is 4.39 Å². The smallest absolute Gasteiger partial charge is 0.216 e. The molecule has 0 unspecified atom stereocenters. The van der Waals surface area contributed by atoms with Gasteiger partial charge in [0, 0.05) is 16.6 Å². The van der Waals surface area contributed by atoms with Crippen LogP contribution in [-0.4, -0.2) is 21.6 Å². The number of benzene rings is 2. The standard InChI is InChI=1S/C19H23ClFNO4S/c1-4-25-18-10-9-14(11-19(18)26-5-2)13(3)22-27(23,24)12-15-16(20)7-6-8-17(15)21/h6-11,13,22H,4-5,12H2,1-3H3/t13-/m1/s1. The van der Waals surface area contributed by atoms with E-state index in [4.69, 9.17) is 21.1 Å². The molecule has 0 spiro atoms. The monoisotopic (exact) mass is 415 g/mol. The van der Waals surface area contributed by atoms with Crippen molar-refractivity contribution in [1.29, 1.82) is 0 Å². The minimum absolute atomic E-state index is 0.0550. The molecule has 1 N–H and O–H groups in total. The highest BCUT2D eigenvalue weighted by molar-refractivity contribution is 7.88. The Morgan fingerprint density at radius 3 is 2.41 bits per heavy atom. The molecule has 27 heavy (non-hydrogen) atoms. The van der Waals surface area contributed by atoms with E-state index in [9.17, 15) is 12.8 Å². The highest BCUT2D eigenvalue weighted by Crippen LogP contribution is 2.31. The van der Waals surface area contributed by atoms with Crippen LogP contribution in [0.5, 0.6) is 11.5 Å². The van der Waals surface area contributed by atoms with E-state index >= 15 is 0 Å². The summed E-state index contributed by atoms with van der Waals surface area (Å²) in [5, 5.41) is 0.0766. The predicted octanol–water partition coefficient (Wildman–Crippen LogP) is 4.46. The summed E-state index contributed by atoms with van der Waals surface area (Å²) in [6.07, 6.45) is 0. The fraction of sp³-hybridized carbons (Fsp3) is 0.368. The highest BCUT2D eigenvalue weighted by atomic mass is 35.5. The van der Waals surface area contributed by atoms with Crippen molar-refractivity contribution in [3.05, 3.63) is 58.4 Å². The number of ether oxygens (including phenoxy) is 2. The van der Waals surface area contributed by atoms with Crippen molar-refractivity contribution in [2.45, 2.75) is 32.6 Å². The van der Waals surface area contributed by atoms with Crippen LogP contribution in [0.3, 0.4) is 0 Å². The first-order valence-electron chi connectivity index (χ1n) is 8.59. The van der Waals surface area contributed by atoms with E-state index in [0.29, 0.717) is 30.3 Å². The van der Waals surface area contributed by atoms with Gasteiger partial charge < -0.3 is 9.47 Å². The van der Waals surface area contributed by atoms with Gasteiger partial charge in [0.2, 0.25) is 10.0 Å². The Labute approximate surface area is 164 Å². The lowest BCUT2D eigenvalue weighted by molar-refractivity contribution is 0.287. The van der Waals surface area contributed by atoms with Crippen LogP contribution in [0.25, 0.3) is 0 Å². The Bertz CT molecular complexity index is 869. The Hall–Kier alpha value is -1.83. The Balaban J connectivity index is 2.20. The number of nitrogens with one attached hydrogen (secondary N) is 1. The zero-order chi connectivity index (χ0) is 20.0. The normalized spacial score (nSPS) is 12.6. The van der Waals surface area contributed by atoms with E-state index in [0.717, 1.165) is 0 Å². The van der Waals surface area contributed by atoms with Gasteiger partial charge in [-0.25, -0.2) is 17.5 Å². The van der Waals surface area contributed by atoms with Crippen molar-refractivity contribution in [1.82, 2.24) is 4.72 Å². The van der Waals surface area contributed by atoms with Crippen molar-refractivity contribution in [3.63, 3.8) is 0 Å². The summed E-state index contributed by atoms with van der Waals surface area (Å²) >= 11 is 5.93. The molecular weight excluding hydrogens is 393 g/mol. The minimum atomic E-state index is -3.82. The lowest BCUT2D eigenvalue weighted by Crippen LogP contribution is -2.28. The summed E-state index contributed by atoms with van der Waals surface area (Å²) < 4.78 is 52.5. The van der Waals surface area contributed by atoms with E-state index in [2.05, 4.69) is 4.72 Å². The third-order valence-corrected chi connectivity index (χ3v) is 5.56. The van der Waals surface area contributed by atoms with Gasteiger partial charge >= 0.3 is 0 Å². The molecule has 2 aromatic rings. The van der Waals surface area contributed by atoms with E-state index in [1.54, 1.807) is 25.1 Å². The molecule has 0 saturated heterocycles. The molecule has 8 heteroatoms. The number of hydrogen-bond donors (Lipinski definition) is 1. The number of halogens is 2. The van der Waals surface area contributed by atoms with Crippen LogP contribution in [0.15, 0.2) is 36.4 Å². The van der Waals surface area contributed by atoms with E-state index in [1.165, 1.54) is 18.2 Å². The molecule has 5 nitrogen and oxygen atoms in total.